The highest BCUT2D eigenvalue weighted by atomic mass is 32.1. The Hall–Kier alpha value is -4.98. The van der Waals surface area contributed by atoms with Gasteiger partial charge in [-0.05, 0) is 92.3 Å². The SMILES string of the molecule is CCOC(=O)c1ccc(NC(=O)C[C@@H]2C(=O)N(c3ccc(C(=O)OCC)cc3)C(=S)N2Cc2ccc(OC(F)(F)F)cc2)cc1. The summed E-state index contributed by atoms with van der Waals surface area (Å²) < 4.78 is 51.7. The molecule has 0 unspecified atom stereocenters. The Morgan fingerprint density at radius 2 is 1.38 bits per heavy atom. The van der Waals surface area contributed by atoms with Crippen LogP contribution in [0.3, 0.4) is 0 Å². The minimum absolute atomic E-state index is 0.0134. The van der Waals surface area contributed by atoms with E-state index in [4.69, 9.17) is 21.7 Å². The van der Waals surface area contributed by atoms with Gasteiger partial charge in [-0.25, -0.2) is 9.59 Å². The molecule has 1 aliphatic heterocycles. The second-order valence-electron chi connectivity index (χ2n) is 9.61. The molecule has 0 aromatic heterocycles. The Labute approximate surface area is 261 Å². The molecule has 0 bridgehead atoms. The molecule has 2 amide bonds. The molecule has 1 N–H and O–H groups in total. The van der Waals surface area contributed by atoms with E-state index in [9.17, 15) is 32.3 Å². The van der Waals surface area contributed by atoms with Crippen LogP contribution in [0.2, 0.25) is 0 Å². The molecule has 236 valence electrons. The highest BCUT2D eigenvalue weighted by Gasteiger charge is 2.44. The van der Waals surface area contributed by atoms with E-state index in [0.29, 0.717) is 22.5 Å². The summed E-state index contributed by atoms with van der Waals surface area (Å²) in [6, 6.07) is 16.0. The van der Waals surface area contributed by atoms with Crippen LogP contribution in [-0.4, -0.2) is 59.4 Å². The molecule has 0 radical (unpaired) electrons. The van der Waals surface area contributed by atoms with Gasteiger partial charge < -0.3 is 24.4 Å². The maximum Gasteiger partial charge on any atom is 0.573 e. The number of ether oxygens (including phenoxy) is 3. The third-order valence-electron chi connectivity index (χ3n) is 6.52. The zero-order valence-corrected chi connectivity index (χ0v) is 24.9. The van der Waals surface area contributed by atoms with Gasteiger partial charge in [-0.1, -0.05) is 12.1 Å². The Kier molecular flexibility index (Phi) is 10.4. The van der Waals surface area contributed by atoms with Gasteiger partial charge in [0.2, 0.25) is 5.91 Å². The van der Waals surface area contributed by atoms with Crippen LogP contribution in [0, 0.1) is 0 Å². The fraction of sp³-hybridized carbons (Fsp3) is 0.258. The minimum atomic E-state index is -4.86. The topological polar surface area (TPSA) is 114 Å². The molecule has 0 spiro atoms. The zero-order chi connectivity index (χ0) is 32.7. The molecule has 4 rings (SSSR count). The fourth-order valence-corrected chi connectivity index (χ4v) is 4.88. The first kappa shape index (κ1) is 32.9. The van der Waals surface area contributed by atoms with Gasteiger partial charge >= 0.3 is 18.3 Å². The van der Waals surface area contributed by atoms with Crippen LogP contribution in [0.15, 0.2) is 72.8 Å². The van der Waals surface area contributed by atoms with Crippen LogP contribution in [-0.2, 0) is 25.6 Å². The van der Waals surface area contributed by atoms with E-state index in [1.807, 2.05) is 0 Å². The summed E-state index contributed by atoms with van der Waals surface area (Å²) >= 11 is 5.65. The van der Waals surface area contributed by atoms with Crippen molar-refractivity contribution < 1.29 is 46.6 Å². The molecule has 14 heteroatoms. The van der Waals surface area contributed by atoms with E-state index >= 15 is 0 Å². The maximum atomic E-state index is 13.7. The molecule has 1 heterocycles. The summed E-state index contributed by atoms with van der Waals surface area (Å²) in [4.78, 5) is 53.6. The second-order valence-corrected chi connectivity index (χ2v) is 9.97. The monoisotopic (exact) mass is 643 g/mol. The van der Waals surface area contributed by atoms with Crippen molar-refractivity contribution in [3.63, 3.8) is 0 Å². The van der Waals surface area contributed by atoms with Crippen LogP contribution < -0.4 is 15.0 Å². The van der Waals surface area contributed by atoms with E-state index in [2.05, 4.69) is 10.1 Å². The number of nitrogens with zero attached hydrogens (tertiary/aromatic N) is 2. The van der Waals surface area contributed by atoms with Crippen molar-refractivity contribution in [2.75, 3.05) is 23.4 Å². The molecule has 3 aromatic carbocycles. The number of esters is 2. The number of halogens is 3. The third kappa shape index (κ3) is 8.35. The van der Waals surface area contributed by atoms with Gasteiger partial charge in [0, 0.05) is 12.2 Å². The van der Waals surface area contributed by atoms with E-state index < -0.39 is 41.9 Å². The number of rotatable bonds is 11. The molecular formula is C31H28F3N3O7S. The Balaban J connectivity index is 1.56. The molecule has 0 saturated carbocycles. The first-order valence-electron chi connectivity index (χ1n) is 13.7. The van der Waals surface area contributed by atoms with E-state index in [1.54, 1.807) is 13.8 Å². The van der Waals surface area contributed by atoms with Gasteiger partial charge in [0.25, 0.3) is 5.91 Å². The van der Waals surface area contributed by atoms with Crippen molar-refractivity contribution in [1.29, 1.82) is 0 Å². The Morgan fingerprint density at radius 3 is 1.89 bits per heavy atom. The first-order chi connectivity index (χ1) is 21.4. The van der Waals surface area contributed by atoms with Gasteiger partial charge in [-0.3, -0.25) is 14.5 Å². The Bertz CT molecular complexity index is 1560. The number of carbonyl (C=O) groups is 4. The highest BCUT2D eigenvalue weighted by molar-refractivity contribution is 7.80. The van der Waals surface area contributed by atoms with Crippen molar-refractivity contribution in [3.8, 4) is 5.75 Å². The molecule has 1 aliphatic rings. The summed E-state index contributed by atoms with van der Waals surface area (Å²) in [5, 5.41) is 2.75. The summed E-state index contributed by atoms with van der Waals surface area (Å²) in [6.07, 6.45) is -5.18. The maximum absolute atomic E-state index is 13.7. The highest BCUT2D eigenvalue weighted by Crippen LogP contribution is 2.30. The average Bonchev–Trinajstić information content (AvgIpc) is 3.21. The lowest BCUT2D eigenvalue weighted by Gasteiger charge is -2.24. The predicted octanol–water partition coefficient (Wildman–Crippen LogP) is 5.47. The van der Waals surface area contributed by atoms with E-state index in [0.717, 1.165) is 12.1 Å². The smallest absolute Gasteiger partial charge is 0.462 e. The number of nitrogens with one attached hydrogen (secondary N) is 1. The molecule has 1 fully saturated rings. The van der Waals surface area contributed by atoms with Crippen molar-refractivity contribution in [2.24, 2.45) is 0 Å². The number of anilines is 2. The van der Waals surface area contributed by atoms with Crippen molar-refractivity contribution in [2.45, 2.75) is 39.2 Å². The van der Waals surface area contributed by atoms with Crippen LogP contribution in [0.1, 0.15) is 46.5 Å². The summed E-state index contributed by atoms with van der Waals surface area (Å²) in [5.41, 5.74) is 1.78. The third-order valence-corrected chi connectivity index (χ3v) is 6.94. The number of benzene rings is 3. The molecule has 45 heavy (non-hydrogen) atoms. The molecule has 0 aliphatic carbocycles. The quantitative estimate of drug-likeness (QED) is 0.215. The Morgan fingerprint density at radius 1 is 0.844 bits per heavy atom. The molecule has 10 nitrogen and oxygen atoms in total. The molecular weight excluding hydrogens is 615 g/mol. The second kappa shape index (κ2) is 14.2. The van der Waals surface area contributed by atoms with Gasteiger partial charge in [0.05, 0.1) is 36.4 Å². The summed E-state index contributed by atoms with van der Waals surface area (Å²) in [5.74, 6) is -2.51. The average molecular weight is 644 g/mol. The largest absolute Gasteiger partial charge is 0.573 e. The van der Waals surface area contributed by atoms with Crippen molar-refractivity contribution >= 4 is 52.5 Å². The van der Waals surface area contributed by atoms with Crippen molar-refractivity contribution in [3.05, 3.63) is 89.5 Å². The molecule has 1 atom stereocenters. The first-order valence-corrected chi connectivity index (χ1v) is 14.1. The minimum Gasteiger partial charge on any atom is -0.462 e. The van der Waals surface area contributed by atoms with Gasteiger partial charge in [0.15, 0.2) is 5.11 Å². The lowest BCUT2D eigenvalue weighted by molar-refractivity contribution is -0.274. The van der Waals surface area contributed by atoms with E-state index in [1.165, 1.54) is 70.5 Å². The van der Waals surface area contributed by atoms with Crippen molar-refractivity contribution in [1.82, 2.24) is 4.90 Å². The number of amides is 2. The number of thiocarbonyl (C=S) groups is 1. The van der Waals surface area contributed by atoms with E-state index in [-0.39, 0.29) is 36.9 Å². The van der Waals surface area contributed by atoms with Crippen LogP contribution >= 0.6 is 12.2 Å². The van der Waals surface area contributed by atoms with Crippen LogP contribution in [0.5, 0.6) is 5.75 Å². The fourth-order valence-electron chi connectivity index (χ4n) is 4.50. The lowest BCUT2D eigenvalue weighted by Crippen LogP contribution is -2.37. The standard InChI is InChI=1S/C31H28F3N3O7S/c1-3-42-28(40)20-7-11-22(12-8-20)35-26(38)17-25-27(39)37(23-13-9-21(10-14-23)29(41)43-4-2)30(45)36(25)18-19-5-15-24(16-6-19)44-31(32,33)34/h5-16,25H,3-4,17-18H2,1-2H3,(H,35,38)/t25-/m1/s1. The normalized spacial score (nSPS) is 14.7. The number of hydrogen-bond acceptors (Lipinski definition) is 8. The number of alkyl halides is 3. The van der Waals surface area contributed by atoms with Gasteiger partial charge in [-0.2, -0.15) is 0 Å². The number of hydrogen-bond donors (Lipinski definition) is 1. The zero-order valence-electron chi connectivity index (χ0n) is 24.1. The van der Waals surface area contributed by atoms with Gasteiger partial charge in [-0.15, -0.1) is 13.2 Å². The summed E-state index contributed by atoms with van der Waals surface area (Å²) in [7, 11) is 0. The molecule has 3 aromatic rings. The van der Waals surface area contributed by atoms with Crippen LogP contribution in [0.4, 0.5) is 24.5 Å². The van der Waals surface area contributed by atoms with Crippen LogP contribution in [0.25, 0.3) is 0 Å². The molecule has 1 saturated heterocycles. The van der Waals surface area contributed by atoms with Gasteiger partial charge in [0.1, 0.15) is 11.8 Å². The lowest BCUT2D eigenvalue weighted by atomic mass is 10.1. The number of carbonyl (C=O) groups excluding carboxylic acids is 4. The predicted molar refractivity (Wildman–Crippen MR) is 161 cm³/mol. The summed E-state index contributed by atoms with van der Waals surface area (Å²) in [6.45, 7) is 3.74.